The Bertz CT molecular complexity index is 767. The molecular weight excluding hydrogens is 252 g/mol. The predicted molar refractivity (Wildman–Crippen MR) is 75.2 cm³/mol. The van der Waals surface area contributed by atoms with Crippen LogP contribution in [-0.4, -0.2) is 22.5 Å². The van der Waals surface area contributed by atoms with Crippen LogP contribution in [0, 0.1) is 18.3 Å². The predicted octanol–water partition coefficient (Wildman–Crippen LogP) is 1.79. The maximum absolute atomic E-state index is 11.7. The van der Waals surface area contributed by atoms with E-state index in [2.05, 4.69) is 11.1 Å². The van der Waals surface area contributed by atoms with Gasteiger partial charge in [-0.25, -0.2) is 4.98 Å². The molecule has 5 nitrogen and oxygen atoms in total. The van der Waals surface area contributed by atoms with E-state index >= 15 is 0 Å². The standard InChI is InChI=1S/C15H14N4O/c1-9-17-12(8-16)15(18(9)2)10-4-5-13-11(6-10)7-14(20)19(13)3/h4-6H,7H2,1-3H3. The van der Waals surface area contributed by atoms with Crippen molar-refractivity contribution >= 4 is 11.6 Å². The van der Waals surface area contributed by atoms with E-state index in [0.717, 1.165) is 28.3 Å². The normalized spacial score (nSPS) is 13.5. The first-order valence-corrected chi connectivity index (χ1v) is 6.36. The van der Waals surface area contributed by atoms with Crippen molar-refractivity contribution in [3.8, 4) is 17.3 Å². The topological polar surface area (TPSA) is 61.9 Å². The van der Waals surface area contributed by atoms with Crippen LogP contribution in [0.1, 0.15) is 17.1 Å². The van der Waals surface area contributed by atoms with Crippen molar-refractivity contribution in [3.05, 3.63) is 35.3 Å². The van der Waals surface area contributed by atoms with Gasteiger partial charge < -0.3 is 9.47 Å². The molecule has 0 N–H and O–H groups in total. The summed E-state index contributed by atoms with van der Waals surface area (Å²) in [6, 6.07) is 7.98. The fourth-order valence-corrected chi connectivity index (χ4v) is 2.64. The van der Waals surface area contributed by atoms with E-state index in [4.69, 9.17) is 0 Å². The van der Waals surface area contributed by atoms with Gasteiger partial charge in [0.2, 0.25) is 5.91 Å². The first kappa shape index (κ1) is 12.4. The molecule has 0 bridgehead atoms. The number of benzene rings is 1. The second-order valence-electron chi connectivity index (χ2n) is 5.00. The second kappa shape index (κ2) is 4.20. The van der Waals surface area contributed by atoms with Gasteiger partial charge in [-0.3, -0.25) is 4.79 Å². The summed E-state index contributed by atoms with van der Waals surface area (Å²) in [6.45, 7) is 1.87. The van der Waals surface area contributed by atoms with Gasteiger partial charge in [0.15, 0.2) is 5.69 Å². The Morgan fingerprint density at radius 1 is 1.35 bits per heavy atom. The van der Waals surface area contributed by atoms with Crippen LogP contribution in [0.2, 0.25) is 0 Å². The van der Waals surface area contributed by atoms with Gasteiger partial charge in [0.25, 0.3) is 0 Å². The summed E-state index contributed by atoms with van der Waals surface area (Å²) in [7, 11) is 3.67. The molecule has 20 heavy (non-hydrogen) atoms. The molecule has 0 radical (unpaired) electrons. The van der Waals surface area contributed by atoms with Crippen LogP contribution in [0.3, 0.4) is 0 Å². The number of carbonyl (C=O) groups is 1. The van der Waals surface area contributed by atoms with Crippen LogP contribution in [0.15, 0.2) is 18.2 Å². The number of likely N-dealkylation sites (N-methyl/N-ethyl adjacent to an activating group) is 1. The van der Waals surface area contributed by atoms with Gasteiger partial charge in [-0.2, -0.15) is 5.26 Å². The zero-order valence-corrected chi connectivity index (χ0v) is 11.6. The lowest BCUT2D eigenvalue weighted by Gasteiger charge is -2.11. The Balaban J connectivity index is 2.17. The molecule has 3 rings (SSSR count). The van der Waals surface area contributed by atoms with Crippen molar-refractivity contribution < 1.29 is 4.79 Å². The number of hydrogen-bond acceptors (Lipinski definition) is 3. The van der Waals surface area contributed by atoms with Crippen molar-refractivity contribution in [1.29, 1.82) is 5.26 Å². The smallest absolute Gasteiger partial charge is 0.231 e. The minimum Gasteiger partial charge on any atom is -0.330 e. The third-order valence-electron chi connectivity index (χ3n) is 3.85. The zero-order valence-electron chi connectivity index (χ0n) is 11.6. The summed E-state index contributed by atoms with van der Waals surface area (Å²) in [5.74, 6) is 0.893. The third-order valence-corrected chi connectivity index (χ3v) is 3.85. The lowest BCUT2D eigenvalue weighted by Crippen LogP contribution is -2.20. The van der Waals surface area contributed by atoms with E-state index in [-0.39, 0.29) is 5.91 Å². The van der Waals surface area contributed by atoms with Gasteiger partial charge >= 0.3 is 0 Å². The van der Waals surface area contributed by atoms with Gasteiger partial charge in [0.1, 0.15) is 11.9 Å². The number of amides is 1. The van der Waals surface area contributed by atoms with Crippen LogP contribution in [0.5, 0.6) is 0 Å². The van der Waals surface area contributed by atoms with Crippen LogP contribution in [0.4, 0.5) is 5.69 Å². The first-order valence-electron chi connectivity index (χ1n) is 6.36. The molecule has 1 aliphatic heterocycles. The van der Waals surface area contributed by atoms with Crippen LogP contribution in [0.25, 0.3) is 11.3 Å². The maximum Gasteiger partial charge on any atom is 0.231 e. The molecule has 1 aromatic heterocycles. The van der Waals surface area contributed by atoms with Gasteiger partial charge in [0, 0.05) is 25.3 Å². The van der Waals surface area contributed by atoms with Gasteiger partial charge in [-0.15, -0.1) is 0 Å². The molecule has 1 amide bonds. The number of carbonyl (C=O) groups excluding carboxylic acids is 1. The van der Waals surface area contributed by atoms with E-state index < -0.39 is 0 Å². The van der Waals surface area contributed by atoms with Crippen LogP contribution in [-0.2, 0) is 18.3 Å². The number of fused-ring (bicyclic) bond motifs is 1. The first-order chi connectivity index (χ1) is 9.52. The minimum atomic E-state index is 0.0962. The Hall–Kier alpha value is -2.61. The summed E-state index contributed by atoms with van der Waals surface area (Å²) in [4.78, 5) is 17.6. The van der Waals surface area contributed by atoms with Crippen molar-refractivity contribution in [1.82, 2.24) is 9.55 Å². The SMILES string of the molecule is Cc1nc(C#N)c(-c2ccc3c(c2)CC(=O)N3C)n1C. The Morgan fingerprint density at radius 3 is 2.80 bits per heavy atom. The highest BCUT2D eigenvalue weighted by atomic mass is 16.2. The highest BCUT2D eigenvalue weighted by molar-refractivity contribution is 6.01. The molecular formula is C15H14N4O. The Morgan fingerprint density at radius 2 is 2.10 bits per heavy atom. The highest BCUT2D eigenvalue weighted by Gasteiger charge is 2.25. The molecule has 2 heterocycles. The van der Waals surface area contributed by atoms with E-state index in [0.29, 0.717) is 12.1 Å². The minimum absolute atomic E-state index is 0.0962. The van der Waals surface area contributed by atoms with Crippen LogP contribution < -0.4 is 4.90 Å². The monoisotopic (exact) mass is 266 g/mol. The summed E-state index contributed by atoms with van der Waals surface area (Å²) in [5.41, 5.74) is 4.08. The Labute approximate surface area is 117 Å². The van der Waals surface area contributed by atoms with Crippen molar-refractivity contribution in [2.75, 3.05) is 11.9 Å². The van der Waals surface area contributed by atoms with Gasteiger partial charge in [-0.05, 0) is 24.6 Å². The molecule has 0 unspecified atom stereocenters. The molecule has 1 aromatic carbocycles. The average Bonchev–Trinajstić information content (AvgIpc) is 2.88. The summed E-state index contributed by atoms with van der Waals surface area (Å²) in [6.07, 6.45) is 0.415. The zero-order chi connectivity index (χ0) is 14.4. The fraction of sp³-hybridized carbons (Fsp3) is 0.267. The molecule has 0 spiro atoms. The molecule has 0 saturated heterocycles. The number of aromatic nitrogens is 2. The van der Waals surface area contributed by atoms with Crippen molar-refractivity contribution in [2.24, 2.45) is 7.05 Å². The quantitative estimate of drug-likeness (QED) is 0.790. The van der Waals surface area contributed by atoms with E-state index in [1.165, 1.54) is 0 Å². The summed E-state index contributed by atoms with van der Waals surface area (Å²) < 4.78 is 1.90. The average molecular weight is 266 g/mol. The van der Waals surface area contributed by atoms with Crippen molar-refractivity contribution in [2.45, 2.75) is 13.3 Å². The van der Waals surface area contributed by atoms with E-state index in [1.54, 1.807) is 11.9 Å². The van der Waals surface area contributed by atoms with Crippen LogP contribution >= 0.6 is 0 Å². The molecule has 100 valence electrons. The number of aryl methyl sites for hydroxylation is 1. The fourth-order valence-electron chi connectivity index (χ4n) is 2.64. The molecule has 1 aliphatic rings. The number of imidazole rings is 1. The van der Waals surface area contributed by atoms with Gasteiger partial charge in [0.05, 0.1) is 12.1 Å². The second-order valence-corrected chi connectivity index (χ2v) is 5.00. The number of nitrogens with zero attached hydrogens (tertiary/aromatic N) is 4. The van der Waals surface area contributed by atoms with Crippen molar-refractivity contribution in [3.63, 3.8) is 0 Å². The van der Waals surface area contributed by atoms with E-state index in [9.17, 15) is 10.1 Å². The highest BCUT2D eigenvalue weighted by Crippen LogP contribution is 2.33. The molecule has 0 atom stereocenters. The summed E-state index contributed by atoms with van der Waals surface area (Å²) in [5, 5.41) is 9.21. The largest absolute Gasteiger partial charge is 0.330 e. The number of anilines is 1. The number of hydrogen-bond donors (Lipinski definition) is 0. The molecule has 0 fully saturated rings. The third kappa shape index (κ3) is 1.62. The maximum atomic E-state index is 11.7. The lowest BCUT2D eigenvalue weighted by molar-refractivity contribution is -0.117. The molecule has 2 aromatic rings. The molecule has 5 heteroatoms. The molecule has 0 saturated carbocycles. The number of nitriles is 1. The summed E-state index contributed by atoms with van der Waals surface area (Å²) >= 11 is 0. The lowest BCUT2D eigenvalue weighted by atomic mass is 10.0. The number of rotatable bonds is 1. The Kier molecular flexibility index (Phi) is 2.61. The van der Waals surface area contributed by atoms with E-state index in [1.807, 2.05) is 36.7 Å². The molecule has 0 aliphatic carbocycles. The van der Waals surface area contributed by atoms with Gasteiger partial charge in [-0.1, -0.05) is 6.07 Å².